The Morgan fingerprint density at radius 3 is 2.30 bits per heavy atom. The van der Waals surface area contributed by atoms with E-state index in [0.29, 0.717) is 12.0 Å². The summed E-state index contributed by atoms with van der Waals surface area (Å²) in [6.45, 7) is 2.80. The quantitative estimate of drug-likeness (QED) is 0.272. The van der Waals surface area contributed by atoms with Gasteiger partial charge in [-0.3, -0.25) is 9.59 Å². The van der Waals surface area contributed by atoms with Gasteiger partial charge in [0.15, 0.2) is 9.84 Å². The van der Waals surface area contributed by atoms with E-state index in [0.717, 1.165) is 24.0 Å². The molecule has 1 fully saturated rings. The number of carbonyl (C=O) groups excluding carboxylic acids is 1. The van der Waals surface area contributed by atoms with E-state index in [-0.39, 0.29) is 43.7 Å². The Morgan fingerprint density at radius 2 is 1.70 bits per heavy atom. The van der Waals surface area contributed by atoms with Gasteiger partial charge < -0.3 is 24.4 Å². The predicted octanol–water partition coefficient (Wildman–Crippen LogP) is 3.31. The van der Waals surface area contributed by atoms with Gasteiger partial charge in [0.25, 0.3) is 0 Å². The van der Waals surface area contributed by atoms with Gasteiger partial charge in [-0.25, -0.2) is 8.42 Å². The molecule has 10 heteroatoms. The first-order valence-electron chi connectivity index (χ1n) is 13.4. The third-order valence-corrected chi connectivity index (χ3v) is 9.29. The standard InChI is InChI=1S/C30H40O9S/c1-28(2,22-40(35,36)17-15-31)39-16-14-30(26(32)33,21-38-20-23-8-5-4-6-9-23)25-11-7-10-24(18-25)19-29(12-13-29)27(34)37-3/h4-11,18,31H,12-17,19-22H2,1-3H3,(H,32,33). The van der Waals surface area contributed by atoms with E-state index in [1.54, 1.807) is 32.0 Å². The molecule has 9 nitrogen and oxygen atoms in total. The van der Waals surface area contributed by atoms with Crippen molar-refractivity contribution in [3.63, 3.8) is 0 Å². The molecule has 0 radical (unpaired) electrons. The predicted molar refractivity (Wildman–Crippen MR) is 150 cm³/mol. The van der Waals surface area contributed by atoms with Crippen LogP contribution >= 0.6 is 0 Å². The molecule has 1 aliphatic rings. The molecular weight excluding hydrogens is 536 g/mol. The van der Waals surface area contributed by atoms with Crippen LogP contribution in [0.5, 0.6) is 0 Å². The van der Waals surface area contributed by atoms with Crippen molar-refractivity contribution in [1.82, 2.24) is 0 Å². The van der Waals surface area contributed by atoms with Gasteiger partial charge in [-0.2, -0.15) is 0 Å². The molecule has 2 aromatic carbocycles. The Kier molecular flexibility index (Phi) is 10.5. The summed E-state index contributed by atoms with van der Waals surface area (Å²) < 4.78 is 41.4. The fraction of sp³-hybridized carbons (Fsp3) is 0.533. The minimum absolute atomic E-state index is 0.0200. The molecule has 220 valence electrons. The highest BCUT2D eigenvalue weighted by Crippen LogP contribution is 2.49. The number of hydrogen-bond acceptors (Lipinski definition) is 8. The fourth-order valence-corrected chi connectivity index (χ4v) is 6.55. The fourth-order valence-electron chi connectivity index (χ4n) is 4.98. The number of carbonyl (C=O) groups is 2. The maximum Gasteiger partial charge on any atom is 0.316 e. The van der Waals surface area contributed by atoms with Crippen LogP contribution in [0.1, 0.15) is 49.8 Å². The molecule has 0 aliphatic heterocycles. The zero-order valence-electron chi connectivity index (χ0n) is 23.4. The minimum atomic E-state index is -3.55. The van der Waals surface area contributed by atoms with E-state index < -0.39 is 38.8 Å². The first-order valence-corrected chi connectivity index (χ1v) is 15.2. The third-order valence-electron chi connectivity index (χ3n) is 7.35. The number of aliphatic hydroxyl groups excluding tert-OH is 1. The van der Waals surface area contributed by atoms with Crippen LogP contribution < -0.4 is 0 Å². The van der Waals surface area contributed by atoms with Crippen molar-refractivity contribution in [2.45, 2.75) is 57.2 Å². The second-order valence-corrected chi connectivity index (χ2v) is 13.4. The maximum atomic E-state index is 13.0. The third kappa shape index (κ3) is 8.36. The number of methoxy groups -OCH3 is 1. The second kappa shape index (κ2) is 13.2. The first kappa shape index (κ1) is 31.7. The highest BCUT2D eigenvalue weighted by molar-refractivity contribution is 7.91. The smallest absolute Gasteiger partial charge is 0.316 e. The van der Waals surface area contributed by atoms with Gasteiger partial charge in [0.2, 0.25) is 0 Å². The lowest BCUT2D eigenvalue weighted by Crippen LogP contribution is -2.43. The summed E-state index contributed by atoms with van der Waals surface area (Å²) in [5.41, 5.74) is -0.922. The number of aliphatic carboxylic acids is 1. The molecule has 1 atom stereocenters. The zero-order chi connectivity index (χ0) is 29.4. The molecule has 0 aromatic heterocycles. The molecule has 1 aliphatic carbocycles. The van der Waals surface area contributed by atoms with Gasteiger partial charge >= 0.3 is 11.9 Å². The van der Waals surface area contributed by atoms with E-state index in [1.165, 1.54) is 7.11 Å². The largest absolute Gasteiger partial charge is 0.481 e. The number of rotatable bonds is 17. The van der Waals surface area contributed by atoms with Crippen LogP contribution in [0, 0.1) is 5.41 Å². The van der Waals surface area contributed by atoms with Gasteiger partial charge in [-0.05, 0) is 56.2 Å². The number of carboxylic acids is 1. The van der Waals surface area contributed by atoms with Gasteiger partial charge in [0.05, 0.1) is 49.5 Å². The average molecular weight is 577 g/mol. The molecule has 3 rings (SSSR count). The summed E-state index contributed by atoms with van der Waals surface area (Å²) >= 11 is 0. The Hall–Kier alpha value is -2.79. The molecule has 0 heterocycles. The summed E-state index contributed by atoms with van der Waals surface area (Å²) in [5, 5.41) is 19.6. The molecular formula is C30H40O9S. The van der Waals surface area contributed by atoms with Crippen LogP contribution in [-0.4, -0.2) is 74.6 Å². The number of ether oxygens (including phenoxy) is 3. The van der Waals surface area contributed by atoms with E-state index in [4.69, 9.17) is 19.3 Å². The average Bonchev–Trinajstić information content (AvgIpc) is 3.67. The number of sulfone groups is 1. The maximum absolute atomic E-state index is 13.0. The van der Waals surface area contributed by atoms with Crippen molar-refractivity contribution in [2.75, 3.05) is 38.4 Å². The summed E-state index contributed by atoms with van der Waals surface area (Å²) in [6, 6.07) is 16.6. The Morgan fingerprint density at radius 1 is 1.02 bits per heavy atom. The number of carboxylic acid groups (broad SMARTS) is 1. The summed E-state index contributed by atoms with van der Waals surface area (Å²) in [5.74, 6) is -2.04. The van der Waals surface area contributed by atoms with E-state index in [2.05, 4.69) is 0 Å². The minimum Gasteiger partial charge on any atom is -0.481 e. The van der Waals surface area contributed by atoms with Crippen LogP contribution in [0.2, 0.25) is 0 Å². The van der Waals surface area contributed by atoms with Crippen molar-refractivity contribution in [3.8, 4) is 0 Å². The number of aliphatic hydroxyl groups is 1. The zero-order valence-corrected chi connectivity index (χ0v) is 24.2. The molecule has 0 amide bonds. The summed E-state index contributed by atoms with van der Waals surface area (Å²) in [6.07, 6.45) is 1.90. The van der Waals surface area contributed by atoms with E-state index in [9.17, 15) is 23.1 Å². The van der Waals surface area contributed by atoms with E-state index >= 15 is 0 Å². The molecule has 0 spiro atoms. The molecule has 0 bridgehead atoms. The van der Waals surface area contributed by atoms with Gasteiger partial charge in [0, 0.05) is 6.61 Å². The van der Waals surface area contributed by atoms with Crippen molar-refractivity contribution in [3.05, 3.63) is 71.3 Å². The number of benzene rings is 2. The summed E-state index contributed by atoms with van der Waals surface area (Å²) in [4.78, 5) is 25.3. The molecule has 2 N–H and O–H groups in total. The SMILES string of the molecule is COC(=O)C1(Cc2cccc(C(CCOC(C)(C)CS(=O)(=O)CCO)(COCc3ccccc3)C(=O)O)c2)CC1. The number of esters is 1. The Labute approximate surface area is 236 Å². The van der Waals surface area contributed by atoms with Gasteiger partial charge in [-0.1, -0.05) is 54.6 Å². The highest BCUT2D eigenvalue weighted by atomic mass is 32.2. The van der Waals surface area contributed by atoms with Gasteiger partial charge in [0.1, 0.15) is 5.41 Å². The first-order chi connectivity index (χ1) is 18.9. The Balaban J connectivity index is 1.85. The molecule has 1 saturated carbocycles. The Bertz CT molecular complexity index is 1250. The van der Waals surface area contributed by atoms with Crippen molar-refractivity contribution < 1.29 is 42.4 Å². The van der Waals surface area contributed by atoms with E-state index in [1.807, 2.05) is 36.4 Å². The lowest BCUT2D eigenvalue weighted by Gasteiger charge is -2.32. The van der Waals surface area contributed by atoms with Crippen molar-refractivity contribution in [2.24, 2.45) is 5.41 Å². The second-order valence-electron chi connectivity index (χ2n) is 11.2. The normalized spacial score (nSPS) is 16.2. The molecule has 40 heavy (non-hydrogen) atoms. The number of hydrogen-bond donors (Lipinski definition) is 2. The van der Waals surface area contributed by atoms with Crippen molar-refractivity contribution >= 4 is 21.8 Å². The van der Waals surface area contributed by atoms with Crippen molar-refractivity contribution in [1.29, 1.82) is 0 Å². The topological polar surface area (TPSA) is 136 Å². The molecule has 0 saturated heterocycles. The van der Waals surface area contributed by atoms with Crippen LogP contribution in [-0.2, 0) is 52.1 Å². The monoisotopic (exact) mass is 576 g/mol. The van der Waals surface area contributed by atoms with Gasteiger partial charge in [-0.15, -0.1) is 0 Å². The van der Waals surface area contributed by atoms with Crippen LogP contribution in [0.4, 0.5) is 0 Å². The lowest BCUT2D eigenvalue weighted by molar-refractivity contribution is -0.149. The highest BCUT2D eigenvalue weighted by Gasteiger charge is 2.51. The molecule has 1 unspecified atom stereocenters. The lowest BCUT2D eigenvalue weighted by atomic mass is 9.77. The van der Waals surface area contributed by atoms with Crippen LogP contribution in [0.25, 0.3) is 0 Å². The molecule has 2 aromatic rings. The van der Waals surface area contributed by atoms with Crippen LogP contribution in [0.15, 0.2) is 54.6 Å². The van der Waals surface area contributed by atoms with Crippen LogP contribution in [0.3, 0.4) is 0 Å². The summed E-state index contributed by atoms with van der Waals surface area (Å²) in [7, 11) is -2.18.